The molecule has 0 saturated heterocycles. The highest BCUT2D eigenvalue weighted by Gasteiger charge is 2.28. The van der Waals surface area contributed by atoms with Crippen LogP contribution in [0.2, 0.25) is 0 Å². The molecule has 3 N–H and O–H groups in total. The van der Waals surface area contributed by atoms with E-state index in [9.17, 15) is 14.4 Å². The summed E-state index contributed by atoms with van der Waals surface area (Å²) >= 11 is 0. The molecule has 3 rings (SSSR count). The maximum atomic E-state index is 12.1. The van der Waals surface area contributed by atoms with Gasteiger partial charge in [0, 0.05) is 25.4 Å². The molecule has 2 aromatic rings. The number of hydrogen-bond acceptors (Lipinski definition) is 5. The molecule has 1 atom stereocenters. The molecule has 0 fully saturated rings. The van der Waals surface area contributed by atoms with E-state index in [2.05, 4.69) is 34.9 Å². The summed E-state index contributed by atoms with van der Waals surface area (Å²) in [5.74, 6) is -1.77. The Morgan fingerprint density at radius 1 is 0.970 bits per heavy atom. The highest BCUT2D eigenvalue weighted by Crippen LogP contribution is 2.44. The van der Waals surface area contributed by atoms with E-state index in [1.807, 2.05) is 24.3 Å². The van der Waals surface area contributed by atoms with Crippen molar-refractivity contribution in [2.24, 2.45) is 5.92 Å². The third-order valence-corrected chi connectivity index (χ3v) is 5.72. The lowest BCUT2D eigenvalue weighted by molar-refractivity contribution is -0.141. The Balaban J connectivity index is 1.31. The lowest BCUT2D eigenvalue weighted by Crippen LogP contribution is -2.33. The molecular formula is C25H30N2O6. The quantitative estimate of drug-likeness (QED) is 0.425. The molecule has 1 unspecified atom stereocenters. The van der Waals surface area contributed by atoms with Gasteiger partial charge in [0.1, 0.15) is 6.61 Å². The molecule has 0 bridgehead atoms. The van der Waals surface area contributed by atoms with Crippen molar-refractivity contribution in [1.82, 2.24) is 10.6 Å². The first-order valence-electron chi connectivity index (χ1n) is 11.2. The summed E-state index contributed by atoms with van der Waals surface area (Å²) in [7, 11) is 0. The van der Waals surface area contributed by atoms with Crippen LogP contribution in [0.3, 0.4) is 0 Å². The Hall–Kier alpha value is -3.39. The lowest BCUT2D eigenvalue weighted by Gasteiger charge is -2.14. The lowest BCUT2D eigenvalue weighted by atomic mass is 9.98. The average Bonchev–Trinajstić information content (AvgIpc) is 3.14. The first-order valence-corrected chi connectivity index (χ1v) is 11.2. The van der Waals surface area contributed by atoms with Crippen LogP contribution in [0.15, 0.2) is 48.5 Å². The van der Waals surface area contributed by atoms with Gasteiger partial charge in [-0.25, -0.2) is 4.79 Å². The number of hydrogen-bond donors (Lipinski definition) is 3. The Kier molecular flexibility index (Phi) is 8.83. The summed E-state index contributed by atoms with van der Waals surface area (Å²) < 4.78 is 10.8. The highest BCUT2D eigenvalue weighted by molar-refractivity contribution is 5.79. The number of carbonyl (C=O) groups is 3. The van der Waals surface area contributed by atoms with E-state index in [4.69, 9.17) is 14.6 Å². The van der Waals surface area contributed by atoms with Gasteiger partial charge in [0.25, 0.3) is 0 Å². The Bertz CT molecular complexity index is 931. The van der Waals surface area contributed by atoms with Gasteiger partial charge in [-0.15, -0.1) is 0 Å². The fraction of sp³-hybridized carbons (Fsp3) is 0.400. The van der Waals surface area contributed by atoms with Crippen molar-refractivity contribution in [2.75, 3.05) is 32.9 Å². The van der Waals surface area contributed by atoms with E-state index in [-0.39, 0.29) is 51.2 Å². The van der Waals surface area contributed by atoms with Crippen molar-refractivity contribution in [3.8, 4) is 11.1 Å². The Morgan fingerprint density at radius 3 is 2.21 bits per heavy atom. The molecule has 0 aliphatic heterocycles. The number of carbonyl (C=O) groups excluding carboxylic acids is 2. The van der Waals surface area contributed by atoms with E-state index >= 15 is 0 Å². The smallest absolute Gasteiger partial charge is 0.407 e. The van der Waals surface area contributed by atoms with Crippen LogP contribution in [0, 0.1) is 5.92 Å². The van der Waals surface area contributed by atoms with Crippen LogP contribution in [-0.4, -0.2) is 56.0 Å². The maximum absolute atomic E-state index is 12.1. The average molecular weight is 455 g/mol. The van der Waals surface area contributed by atoms with Gasteiger partial charge in [0.15, 0.2) is 0 Å². The molecule has 8 heteroatoms. The molecule has 0 saturated carbocycles. The minimum atomic E-state index is -0.923. The SMILES string of the molecule is CCC(CNC(=O)CCOCCNC(=O)OCC1c2ccccc2-c2ccccc21)C(=O)O. The molecular weight excluding hydrogens is 424 g/mol. The molecule has 176 valence electrons. The van der Waals surface area contributed by atoms with Gasteiger partial charge in [-0.05, 0) is 28.7 Å². The normalized spacial score (nSPS) is 13.0. The van der Waals surface area contributed by atoms with Crippen molar-refractivity contribution in [2.45, 2.75) is 25.7 Å². The van der Waals surface area contributed by atoms with E-state index in [1.54, 1.807) is 6.92 Å². The minimum absolute atomic E-state index is 0.00588. The van der Waals surface area contributed by atoms with Crippen LogP contribution in [0.25, 0.3) is 11.1 Å². The fourth-order valence-corrected chi connectivity index (χ4v) is 3.87. The second-order valence-corrected chi connectivity index (χ2v) is 7.86. The number of benzene rings is 2. The van der Waals surface area contributed by atoms with E-state index in [1.165, 1.54) is 11.1 Å². The molecule has 0 radical (unpaired) electrons. The standard InChI is InChI=1S/C25H30N2O6/c1-2-17(24(29)30)15-27-23(28)11-13-32-14-12-26-25(31)33-16-22-20-9-5-3-7-18(20)19-8-4-6-10-21(19)22/h3-10,17,22H,2,11-16H2,1H3,(H,26,31)(H,27,28)(H,29,30). The number of carboxylic acids is 1. The van der Waals surface area contributed by atoms with Gasteiger partial charge >= 0.3 is 12.1 Å². The number of rotatable bonds is 12. The third-order valence-electron chi connectivity index (χ3n) is 5.72. The van der Waals surface area contributed by atoms with Gasteiger partial charge in [-0.1, -0.05) is 55.5 Å². The molecule has 1 aliphatic rings. The molecule has 0 aromatic heterocycles. The first-order chi connectivity index (χ1) is 16.0. The summed E-state index contributed by atoms with van der Waals surface area (Å²) in [6, 6.07) is 16.3. The van der Waals surface area contributed by atoms with Crippen LogP contribution in [0.4, 0.5) is 4.79 Å². The number of fused-ring (bicyclic) bond motifs is 3. The molecule has 8 nitrogen and oxygen atoms in total. The number of amides is 2. The number of nitrogens with one attached hydrogen (secondary N) is 2. The topological polar surface area (TPSA) is 114 Å². The van der Waals surface area contributed by atoms with E-state index in [0.717, 1.165) is 11.1 Å². The van der Waals surface area contributed by atoms with Crippen molar-refractivity contribution in [3.05, 3.63) is 59.7 Å². The van der Waals surface area contributed by atoms with Crippen LogP contribution in [-0.2, 0) is 19.1 Å². The summed E-state index contributed by atoms with van der Waals surface area (Å²) in [6.07, 6.45) is 0.0618. The maximum Gasteiger partial charge on any atom is 0.407 e. The largest absolute Gasteiger partial charge is 0.481 e. The van der Waals surface area contributed by atoms with Crippen LogP contribution in [0.5, 0.6) is 0 Å². The summed E-state index contributed by atoms with van der Waals surface area (Å²) in [6.45, 7) is 2.79. The van der Waals surface area contributed by atoms with Crippen LogP contribution >= 0.6 is 0 Å². The second-order valence-electron chi connectivity index (χ2n) is 7.86. The van der Waals surface area contributed by atoms with Gasteiger partial charge < -0.3 is 25.2 Å². The Morgan fingerprint density at radius 2 is 1.61 bits per heavy atom. The van der Waals surface area contributed by atoms with Crippen LogP contribution < -0.4 is 10.6 Å². The van der Waals surface area contributed by atoms with Gasteiger partial charge in [0.05, 0.1) is 19.1 Å². The minimum Gasteiger partial charge on any atom is -0.481 e. The Labute approximate surface area is 193 Å². The molecule has 33 heavy (non-hydrogen) atoms. The van der Waals surface area contributed by atoms with Gasteiger partial charge in [-0.2, -0.15) is 0 Å². The highest BCUT2D eigenvalue weighted by atomic mass is 16.5. The number of carboxylic acid groups (broad SMARTS) is 1. The predicted octanol–water partition coefficient (Wildman–Crippen LogP) is 3.16. The van der Waals surface area contributed by atoms with E-state index in [0.29, 0.717) is 6.42 Å². The first kappa shape index (κ1) is 24.3. The van der Waals surface area contributed by atoms with Crippen molar-refractivity contribution in [3.63, 3.8) is 0 Å². The zero-order valence-electron chi connectivity index (χ0n) is 18.7. The van der Waals surface area contributed by atoms with Crippen molar-refractivity contribution < 1.29 is 29.0 Å². The summed E-state index contributed by atoms with van der Waals surface area (Å²) in [5, 5.41) is 14.2. The number of ether oxygens (including phenoxy) is 2. The number of aliphatic carboxylic acids is 1. The second kappa shape index (κ2) is 12.0. The fourth-order valence-electron chi connectivity index (χ4n) is 3.87. The molecule has 0 spiro atoms. The zero-order valence-corrected chi connectivity index (χ0v) is 18.7. The molecule has 2 aromatic carbocycles. The van der Waals surface area contributed by atoms with Crippen molar-refractivity contribution in [1.29, 1.82) is 0 Å². The van der Waals surface area contributed by atoms with Gasteiger partial charge in [0.2, 0.25) is 5.91 Å². The van der Waals surface area contributed by atoms with Crippen molar-refractivity contribution >= 4 is 18.0 Å². The monoisotopic (exact) mass is 454 g/mol. The molecule has 0 heterocycles. The molecule has 2 amide bonds. The van der Waals surface area contributed by atoms with Gasteiger partial charge in [-0.3, -0.25) is 9.59 Å². The summed E-state index contributed by atoms with van der Waals surface area (Å²) in [5.41, 5.74) is 4.66. The number of alkyl carbamates (subject to hydrolysis) is 1. The summed E-state index contributed by atoms with van der Waals surface area (Å²) in [4.78, 5) is 34.8. The third kappa shape index (κ3) is 6.55. The molecule has 1 aliphatic carbocycles. The predicted molar refractivity (Wildman–Crippen MR) is 123 cm³/mol. The zero-order chi connectivity index (χ0) is 23.6. The van der Waals surface area contributed by atoms with Crippen LogP contribution in [0.1, 0.15) is 36.8 Å². The van der Waals surface area contributed by atoms with E-state index < -0.39 is 18.0 Å².